The molecule has 0 aliphatic heterocycles. The quantitative estimate of drug-likeness (QED) is 0.232. The number of amides is 4. The number of carbonyl (C=O) groups is 4. The smallest absolute Gasteiger partial charge is 0.244 e. The van der Waals surface area contributed by atoms with Crippen LogP contribution in [-0.4, -0.2) is 75.9 Å². The van der Waals surface area contributed by atoms with Crippen LogP contribution in [0.4, 0.5) is 0 Å². The van der Waals surface area contributed by atoms with Gasteiger partial charge in [-0.25, -0.2) is 0 Å². The molecule has 170 valence electrons. The van der Waals surface area contributed by atoms with Crippen LogP contribution >= 0.6 is 15.8 Å². The fourth-order valence-corrected chi connectivity index (χ4v) is 2.94. The zero-order chi connectivity index (χ0) is 22.3. The van der Waals surface area contributed by atoms with Crippen molar-refractivity contribution in [2.75, 3.05) is 40.2 Å². The Bertz CT molecular complexity index is 547. The van der Waals surface area contributed by atoms with Crippen LogP contribution in [-0.2, 0) is 98.3 Å². The summed E-state index contributed by atoms with van der Waals surface area (Å²) in [4.78, 5) is 43.9. The molecule has 0 aliphatic rings. The molecule has 2 radical (unpaired) electrons. The minimum atomic E-state index is -2.09. The van der Waals surface area contributed by atoms with Crippen molar-refractivity contribution in [3.05, 3.63) is 0 Å². The summed E-state index contributed by atoms with van der Waals surface area (Å²) in [7, 11) is -0.718. The predicted molar refractivity (Wildman–Crippen MR) is 109 cm³/mol. The SMILES string of the molecule is CNC(=O)C(CC[PH](C)=O)NC(C)=O.CNC(=O)C(CO[PH](C)=O)NC(C)=O.[Y].[Y]. The Morgan fingerprint density at radius 2 is 1.23 bits per heavy atom. The van der Waals surface area contributed by atoms with Gasteiger partial charge in [-0.05, 0) is 13.1 Å². The Balaban J connectivity index is -0.000000211. The molecule has 0 aromatic carbocycles. The third kappa shape index (κ3) is 23.2. The van der Waals surface area contributed by atoms with Gasteiger partial charge in [-0.3, -0.25) is 23.7 Å². The summed E-state index contributed by atoms with van der Waals surface area (Å²) in [5.74, 6) is -1.21. The van der Waals surface area contributed by atoms with E-state index in [9.17, 15) is 28.3 Å². The summed E-state index contributed by atoms with van der Waals surface area (Å²) < 4.78 is 26.3. The van der Waals surface area contributed by atoms with E-state index in [0.29, 0.717) is 12.6 Å². The fourth-order valence-electron chi connectivity index (χ4n) is 1.84. The number of nitrogens with one attached hydrogen (secondary N) is 4. The van der Waals surface area contributed by atoms with E-state index < -0.39 is 27.9 Å². The number of likely N-dealkylation sites (N-methyl/N-ethyl adjacent to an activating group) is 2. The maximum atomic E-state index is 11.2. The van der Waals surface area contributed by atoms with Crippen molar-refractivity contribution in [1.82, 2.24) is 21.3 Å². The first kappa shape index (κ1) is 37.8. The Morgan fingerprint density at radius 3 is 1.57 bits per heavy atom. The molecule has 15 heteroatoms. The molecule has 11 nitrogen and oxygen atoms in total. The minimum absolute atomic E-state index is 0. The number of hydrogen-bond acceptors (Lipinski definition) is 7. The Morgan fingerprint density at radius 1 is 0.833 bits per heavy atom. The average Bonchev–Trinajstić information content (AvgIpc) is 2.60. The van der Waals surface area contributed by atoms with Crippen molar-refractivity contribution in [3.63, 3.8) is 0 Å². The Kier molecular flexibility index (Phi) is 28.6. The molecule has 0 saturated heterocycles. The zero-order valence-electron chi connectivity index (χ0n) is 18.3. The van der Waals surface area contributed by atoms with Gasteiger partial charge in [0.05, 0.1) is 14.4 Å². The molecule has 0 bridgehead atoms. The van der Waals surface area contributed by atoms with E-state index in [4.69, 9.17) is 4.52 Å². The van der Waals surface area contributed by atoms with E-state index >= 15 is 0 Å². The van der Waals surface area contributed by atoms with Crippen LogP contribution in [0.3, 0.4) is 0 Å². The second-order valence-electron chi connectivity index (χ2n) is 5.78. The maximum Gasteiger partial charge on any atom is 0.244 e. The van der Waals surface area contributed by atoms with Crippen molar-refractivity contribution in [1.29, 1.82) is 0 Å². The van der Waals surface area contributed by atoms with E-state index in [1.54, 1.807) is 6.66 Å². The summed E-state index contributed by atoms with van der Waals surface area (Å²) in [5, 5.41) is 9.72. The van der Waals surface area contributed by atoms with E-state index in [2.05, 4.69) is 21.3 Å². The van der Waals surface area contributed by atoms with E-state index in [1.807, 2.05) is 0 Å². The van der Waals surface area contributed by atoms with Gasteiger partial charge in [-0.2, -0.15) is 0 Å². The van der Waals surface area contributed by atoms with Crippen LogP contribution in [0.5, 0.6) is 0 Å². The van der Waals surface area contributed by atoms with Crippen LogP contribution in [0.2, 0.25) is 0 Å². The third-order valence-corrected chi connectivity index (χ3v) is 4.69. The molecule has 0 aromatic heterocycles. The van der Waals surface area contributed by atoms with Crippen LogP contribution in [0, 0.1) is 0 Å². The van der Waals surface area contributed by atoms with Crippen LogP contribution in [0.15, 0.2) is 0 Å². The first-order chi connectivity index (χ1) is 12.9. The normalized spacial score (nSPS) is 13.3. The molecule has 0 spiro atoms. The predicted octanol–water partition coefficient (Wildman–Crippen LogP) is -0.830. The molecule has 0 aromatic rings. The van der Waals surface area contributed by atoms with Gasteiger partial charge in [0.15, 0.2) is 8.03 Å². The maximum absolute atomic E-state index is 11.2. The molecule has 30 heavy (non-hydrogen) atoms. The summed E-state index contributed by atoms with van der Waals surface area (Å²) >= 11 is 0. The molecule has 0 fully saturated rings. The topological polar surface area (TPSA) is 160 Å². The largest absolute Gasteiger partial charge is 0.357 e. The van der Waals surface area contributed by atoms with Crippen LogP contribution in [0.25, 0.3) is 0 Å². The van der Waals surface area contributed by atoms with E-state index in [0.717, 1.165) is 0 Å². The monoisotopic (exact) mass is 620 g/mol. The van der Waals surface area contributed by atoms with Gasteiger partial charge in [-0.1, -0.05) is 0 Å². The molecular weight excluding hydrogens is 588 g/mol. The van der Waals surface area contributed by atoms with Gasteiger partial charge < -0.3 is 30.4 Å². The van der Waals surface area contributed by atoms with Crippen LogP contribution < -0.4 is 21.3 Å². The summed E-state index contributed by atoms with van der Waals surface area (Å²) in [6.07, 6.45) is 0.899. The van der Waals surface area contributed by atoms with Crippen LogP contribution in [0.1, 0.15) is 20.3 Å². The van der Waals surface area contributed by atoms with E-state index in [1.165, 1.54) is 34.6 Å². The van der Waals surface area contributed by atoms with Crippen molar-refractivity contribution >= 4 is 39.5 Å². The molecule has 4 unspecified atom stereocenters. The van der Waals surface area contributed by atoms with Gasteiger partial charge in [0.2, 0.25) is 23.6 Å². The molecule has 4 amide bonds. The van der Waals surface area contributed by atoms with Crippen molar-refractivity contribution in [2.24, 2.45) is 0 Å². The molecule has 0 rings (SSSR count). The molecule has 4 atom stereocenters. The number of carbonyl (C=O) groups excluding carboxylic acids is 4. The Hall–Kier alpha value is 0.508. The summed E-state index contributed by atoms with van der Waals surface area (Å²) in [6.45, 7) is 5.63. The van der Waals surface area contributed by atoms with Gasteiger partial charge in [0.25, 0.3) is 0 Å². The van der Waals surface area contributed by atoms with Crippen molar-refractivity contribution in [2.45, 2.75) is 32.4 Å². The Labute approximate surface area is 229 Å². The summed E-state index contributed by atoms with van der Waals surface area (Å²) in [5.41, 5.74) is 0. The summed E-state index contributed by atoms with van der Waals surface area (Å²) in [6, 6.07) is -1.35. The zero-order valence-corrected chi connectivity index (χ0v) is 26.0. The second-order valence-corrected chi connectivity index (χ2v) is 8.95. The molecule has 4 N–H and O–H groups in total. The molecule has 0 heterocycles. The van der Waals surface area contributed by atoms with Gasteiger partial charge >= 0.3 is 0 Å². The molecule has 0 saturated carbocycles. The van der Waals surface area contributed by atoms with Crippen molar-refractivity contribution < 1.29 is 98.3 Å². The van der Waals surface area contributed by atoms with Crippen molar-refractivity contribution in [3.8, 4) is 0 Å². The molecule has 0 aliphatic carbocycles. The van der Waals surface area contributed by atoms with E-state index in [-0.39, 0.29) is 95.7 Å². The number of hydrogen-bond donors (Lipinski definition) is 4. The first-order valence-electron chi connectivity index (χ1n) is 8.54. The second kappa shape index (κ2) is 22.7. The van der Waals surface area contributed by atoms with Gasteiger partial charge in [0.1, 0.15) is 12.1 Å². The van der Waals surface area contributed by atoms with Gasteiger partial charge in [-0.15, -0.1) is 0 Å². The minimum Gasteiger partial charge on any atom is -0.357 e. The van der Waals surface area contributed by atoms with Gasteiger partial charge in [0, 0.05) is 106 Å². The first-order valence-corrected chi connectivity index (χ1v) is 12.5. The molecular formula is C15H32N4O7P2Y2. The fraction of sp³-hybridized carbons (Fsp3) is 0.733. The number of rotatable bonds is 10. The standard InChI is InChI=1S/C8H17N2O3P.C7H15N2O4P.2Y/c1-6(11)10-7(8(12)9-2)4-5-14(3)13;1-5(10)9-6(7(11)8-2)4-13-14(3)12;;/h7,14H,4-5H2,1-3H3,(H,9,12)(H,10,11);6,14H,4H2,1-3H3,(H,8,11)(H,9,10);;. The third-order valence-electron chi connectivity index (χ3n) is 3.12. The average molecular weight is 620 g/mol.